The minimum absolute atomic E-state index is 0.0484. The van der Waals surface area contributed by atoms with Gasteiger partial charge in [0.25, 0.3) is 15.9 Å². The fraction of sp³-hybridized carbons (Fsp3) is 0.174. The van der Waals surface area contributed by atoms with Crippen LogP contribution in [-0.4, -0.2) is 27.5 Å². The third-order valence-electron chi connectivity index (χ3n) is 4.53. The summed E-state index contributed by atoms with van der Waals surface area (Å²) >= 11 is 12.3. The highest BCUT2D eigenvalue weighted by Crippen LogP contribution is 2.29. The van der Waals surface area contributed by atoms with Gasteiger partial charge < -0.3 is 14.8 Å². The van der Waals surface area contributed by atoms with Crippen LogP contribution < -0.4 is 19.5 Å². The lowest BCUT2D eigenvalue weighted by Crippen LogP contribution is -2.21. The summed E-state index contributed by atoms with van der Waals surface area (Å²) in [5.74, 6) is 0.402. The molecule has 0 heterocycles. The maximum absolute atomic E-state index is 12.7. The molecule has 0 aromatic heterocycles. The topological polar surface area (TPSA) is 93.7 Å². The second-order valence-electron chi connectivity index (χ2n) is 6.90. The van der Waals surface area contributed by atoms with Crippen molar-refractivity contribution in [3.8, 4) is 11.5 Å². The summed E-state index contributed by atoms with van der Waals surface area (Å²) in [5.41, 5.74) is 1.69. The van der Waals surface area contributed by atoms with Crippen LogP contribution in [0.2, 0.25) is 10.0 Å². The zero-order valence-electron chi connectivity index (χ0n) is 17.9. The quantitative estimate of drug-likeness (QED) is 0.396. The molecule has 0 fully saturated rings. The molecule has 0 spiro atoms. The van der Waals surface area contributed by atoms with Gasteiger partial charge in [-0.1, -0.05) is 29.3 Å². The molecular weight excluding hydrogens is 487 g/mol. The van der Waals surface area contributed by atoms with Crippen molar-refractivity contribution in [2.24, 2.45) is 0 Å². The van der Waals surface area contributed by atoms with Crippen LogP contribution >= 0.6 is 23.2 Å². The fourth-order valence-electron chi connectivity index (χ4n) is 2.84. The van der Waals surface area contributed by atoms with E-state index in [0.717, 1.165) is 5.56 Å². The molecule has 0 saturated carbocycles. The molecule has 7 nitrogen and oxygen atoms in total. The van der Waals surface area contributed by atoms with E-state index in [-0.39, 0.29) is 22.3 Å². The predicted molar refractivity (Wildman–Crippen MR) is 130 cm³/mol. The average molecular weight is 509 g/mol. The van der Waals surface area contributed by atoms with Gasteiger partial charge in [-0.2, -0.15) is 0 Å². The Morgan fingerprint density at radius 2 is 1.70 bits per heavy atom. The maximum atomic E-state index is 12.7. The van der Waals surface area contributed by atoms with E-state index in [9.17, 15) is 13.2 Å². The zero-order chi connectivity index (χ0) is 24.0. The van der Waals surface area contributed by atoms with Crippen molar-refractivity contribution < 1.29 is 22.7 Å². The molecule has 0 radical (unpaired) electrons. The lowest BCUT2D eigenvalue weighted by atomic mass is 10.2. The van der Waals surface area contributed by atoms with Crippen LogP contribution in [0, 0.1) is 6.92 Å². The Bertz CT molecular complexity index is 1250. The fourth-order valence-corrected chi connectivity index (χ4v) is 4.40. The first-order valence-corrected chi connectivity index (χ1v) is 12.2. The summed E-state index contributed by atoms with van der Waals surface area (Å²) in [7, 11) is -3.88. The smallest absolute Gasteiger partial charge is 0.262 e. The molecule has 10 heteroatoms. The van der Waals surface area contributed by atoms with E-state index in [1.165, 1.54) is 18.2 Å². The molecule has 0 saturated heterocycles. The standard InChI is InChI=1S/C23H22Cl2N2O5S/c1-3-31-17-9-7-16(8-10-17)27-33(29,30)18-11-12-22(20(25)13-18)32-14-23(28)26-21-6-4-5-19(24)15(21)2/h4-13,27H,3,14H2,1-2H3,(H,26,28). The molecule has 3 rings (SSSR count). The Labute approximate surface area is 202 Å². The van der Waals surface area contributed by atoms with Gasteiger partial charge in [0.05, 0.1) is 16.5 Å². The van der Waals surface area contributed by atoms with E-state index in [2.05, 4.69) is 10.0 Å². The number of carbonyl (C=O) groups is 1. The van der Waals surface area contributed by atoms with Gasteiger partial charge in [-0.15, -0.1) is 0 Å². The number of carbonyl (C=O) groups excluding carboxylic acids is 1. The second kappa shape index (κ2) is 10.8. The average Bonchev–Trinajstić information content (AvgIpc) is 2.77. The van der Waals surface area contributed by atoms with Gasteiger partial charge in [0.2, 0.25) is 0 Å². The monoisotopic (exact) mass is 508 g/mol. The summed E-state index contributed by atoms with van der Waals surface area (Å²) in [5, 5.41) is 3.30. The Balaban J connectivity index is 1.63. The van der Waals surface area contributed by atoms with Gasteiger partial charge in [0.15, 0.2) is 6.61 Å². The highest BCUT2D eigenvalue weighted by molar-refractivity contribution is 7.92. The van der Waals surface area contributed by atoms with Crippen LogP contribution in [0.15, 0.2) is 65.6 Å². The molecule has 0 unspecified atom stereocenters. The number of halogens is 2. The predicted octanol–water partition coefficient (Wildman–Crippen LogP) is 5.52. The largest absolute Gasteiger partial charge is 0.494 e. The summed E-state index contributed by atoms with van der Waals surface area (Å²) < 4.78 is 38.7. The number of hydrogen-bond acceptors (Lipinski definition) is 5. The molecule has 3 aromatic carbocycles. The molecule has 3 aromatic rings. The SMILES string of the molecule is CCOc1ccc(NS(=O)(=O)c2ccc(OCC(=O)Nc3cccc(Cl)c3C)c(Cl)c2)cc1. The molecule has 0 bridgehead atoms. The summed E-state index contributed by atoms with van der Waals surface area (Å²) in [6.45, 7) is 3.85. The number of ether oxygens (including phenoxy) is 2. The highest BCUT2D eigenvalue weighted by atomic mass is 35.5. The molecule has 0 aliphatic rings. The molecule has 1 amide bonds. The first kappa shape index (κ1) is 24.7. The molecule has 33 heavy (non-hydrogen) atoms. The molecular formula is C23H22Cl2N2O5S. The highest BCUT2D eigenvalue weighted by Gasteiger charge is 2.17. The number of amides is 1. The lowest BCUT2D eigenvalue weighted by Gasteiger charge is -2.13. The van der Waals surface area contributed by atoms with Crippen LogP contribution in [0.5, 0.6) is 11.5 Å². The van der Waals surface area contributed by atoms with Crippen molar-refractivity contribution in [3.63, 3.8) is 0 Å². The van der Waals surface area contributed by atoms with Gasteiger partial charge in [0.1, 0.15) is 11.5 Å². The van der Waals surface area contributed by atoms with E-state index < -0.39 is 15.9 Å². The van der Waals surface area contributed by atoms with Crippen molar-refractivity contribution in [3.05, 3.63) is 76.3 Å². The van der Waals surface area contributed by atoms with Crippen LogP contribution in [0.1, 0.15) is 12.5 Å². The summed E-state index contributed by atoms with van der Waals surface area (Å²) in [6.07, 6.45) is 0. The van der Waals surface area contributed by atoms with Gasteiger partial charge >= 0.3 is 0 Å². The molecule has 0 atom stereocenters. The third kappa shape index (κ3) is 6.54. The Morgan fingerprint density at radius 1 is 0.970 bits per heavy atom. The normalized spacial score (nSPS) is 11.0. The lowest BCUT2D eigenvalue weighted by molar-refractivity contribution is -0.118. The number of rotatable bonds is 9. The summed E-state index contributed by atoms with van der Waals surface area (Å²) in [6, 6.07) is 15.7. The number of nitrogens with one attached hydrogen (secondary N) is 2. The Morgan fingerprint density at radius 3 is 2.36 bits per heavy atom. The minimum Gasteiger partial charge on any atom is -0.494 e. The van der Waals surface area contributed by atoms with Crippen LogP contribution in [0.3, 0.4) is 0 Å². The van der Waals surface area contributed by atoms with E-state index in [4.69, 9.17) is 32.7 Å². The number of sulfonamides is 1. The first-order chi connectivity index (χ1) is 15.7. The van der Waals surface area contributed by atoms with Gasteiger partial charge in [-0.05, 0) is 74.0 Å². The van der Waals surface area contributed by atoms with Crippen molar-refractivity contribution >= 4 is 50.5 Å². The first-order valence-electron chi connectivity index (χ1n) is 9.92. The molecule has 0 aliphatic carbocycles. The number of benzene rings is 3. The molecule has 2 N–H and O–H groups in total. The minimum atomic E-state index is -3.88. The van der Waals surface area contributed by atoms with Gasteiger partial charge in [-0.25, -0.2) is 8.42 Å². The summed E-state index contributed by atoms with van der Waals surface area (Å²) in [4.78, 5) is 12.2. The Hall–Kier alpha value is -2.94. The van der Waals surface area contributed by atoms with Crippen LogP contribution in [0.25, 0.3) is 0 Å². The zero-order valence-corrected chi connectivity index (χ0v) is 20.2. The van der Waals surface area contributed by atoms with Gasteiger partial charge in [-0.3, -0.25) is 9.52 Å². The van der Waals surface area contributed by atoms with E-state index in [1.54, 1.807) is 49.4 Å². The third-order valence-corrected chi connectivity index (χ3v) is 6.62. The van der Waals surface area contributed by atoms with Crippen molar-refractivity contribution in [2.45, 2.75) is 18.7 Å². The van der Waals surface area contributed by atoms with Gasteiger partial charge in [0, 0.05) is 16.4 Å². The van der Waals surface area contributed by atoms with Crippen LogP contribution in [-0.2, 0) is 14.8 Å². The van der Waals surface area contributed by atoms with Crippen LogP contribution in [0.4, 0.5) is 11.4 Å². The number of hydrogen-bond donors (Lipinski definition) is 2. The molecule has 174 valence electrons. The Kier molecular flexibility index (Phi) is 8.07. The van der Waals surface area contributed by atoms with Crippen molar-refractivity contribution in [1.82, 2.24) is 0 Å². The molecule has 0 aliphatic heterocycles. The van der Waals surface area contributed by atoms with E-state index >= 15 is 0 Å². The van der Waals surface area contributed by atoms with E-state index in [1.807, 2.05) is 6.92 Å². The van der Waals surface area contributed by atoms with E-state index in [0.29, 0.717) is 28.8 Å². The maximum Gasteiger partial charge on any atom is 0.262 e. The van der Waals surface area contributed by atoms with Crippen molar-refractivity contribution in [1.29, 1.82) is 0 Å². The number of anilines is 2. The van der Waals surface area contributed by atoms with Crippen molar-refractivity contribution in [2.75, 3.05) is 23.3 Å². The second-order valence-corrected chi connectivity index (χ2v) is 9.40.